The van der Waals surface area contributed by atoms with Crippen molar-refractivity contribution in [2.45, 2.75) is 53.1 Å². The predicted octanol–water partition coefficient (Wildman–Crippen LogP) is 4.71. The van der Waals surface area contributed by atoms with Gasteiger partial charge in [0.15, 0.2) is 0 Å². The Morgan fingerprint density at radius 1 is 1.06 bits per heavy atom. The van der Waals surface area contributed by atoms with E-state index >= 15 is 0 Å². The molecular formula is C25H33Cl2N3O4S. The molecule has 1 N–H and O–H groups in total. The molecule has 0 radical (unpaired) electrons. The van der Waals surface area contributed by atoms with Crippen molar-refractivity contribution in [3.8, 4) is 0 Å². The number of anilines is 1. The molecule has 0 unspecified atom stereocenters. The summed E-state index contributed by atoms with van der Waals surface area (Å²) in [6.45, 7) is 8.04. The maximum atomic E-state index is 13.3. The normalized spacial score (nSPS) is 12.2. The smallest absolute Gasteiger partial charge is 0.242 e. The fourth-order valence-electron chi connectivity index (χ4n) is 3.62. The Morgan fingerprint density at radius 3 is 2.31 bits per heavy atom. The summed E-state index contributed by atoms with van der Waals surface area (Å²) in [6.07, 6.45) is 1.49. The van der Waals surface area contributed by atoms with Crippen molar-refractivity contribution in [1.82, 2.24) is 10.2 Å². The summed E-state index contributed by atoms with van der Waals surface area (Å²) in [5.74, 6) is -0.554. The van der Waals surface area contributed by atoms with Crippen LogP contribution in [0.1, 0.15) is 43.4 Å². The van der Waals surface area contributed by atoms with Crippen molar-refractivity contribution in [3.63, 3.8) is 0 Å². The van der Waals surface area contributed by atoms with Crippen molar-refractivity contribution in [2.24, 2.45) is 0 Å². The first kappa shape index (κ1) is 28.9. The number of amides is 2. The summed E-state index contributed by atoms with van der Waals surface area (Å²) in [5.41, 5.74) is 3.26. The van der Waals surface area contributed by atoms with Crippen LogP contribution in [0.5, 0.6) is 0 Å². The van der Waals surface area contributed by atoms with Crippen LogP contribution in [0.3, 0.4) is 0 Å². The number of hydrogen-bond acceptors (Lipinski definition) is 4. The zero-order valence-electron chi connectivity index (χ0n) is 20.8. The van der Waals surface area contributed by atoms with Gasteiger partial charge < -0.3 is 10.2 Å². The third-order valence-corrected chi connectivity index (χ3v) is 7.59. The van der Waals surface area contributed by atoms with E-state index in [-0.39, 0.29) is 37.7 Å². The summed E-state index contributed by atoms with van der Waals surface area (Å²) in [5, 5.41) is 3.61. The fraction of sp³-hybridized carbons (Fsp3) is 0.440. The predicted molar refractivity (Wildman–Crippen MR) is 142 cm³/mol. The molecule has 2 amide bonds. The minimum atomic E-state index is -3.55. The molecule has 2 aromatic carbocycles. The second kappa shape index (κ2) is 12.6. The van der Waals surface area contributed by atoms with Crippen molar-refractivity contribution in [1.29, 1.82) is 0 Å². The maximum absolute atomic E-state index is 13.3. The molecular weight excluding hydrogens is 509 g/mol. The average Bonchev–Trinajstić information content (AvgIpc) is 2.77. The van der Waals surface area contributed by atoms with Gasteiger partial charge in [-0.05, 0) is 75.1 Å². The van der Waals surface area contributed by atoms with Crippen molar-refractivity contribution >= 4 is 50.7 Å². The van der Waals surface area contributed by atoms with E-state index in [4.69, 9.17) is 23.2 Å². The van der Waals surface area contributed by atoms with Crippen LogP contribution in [0.2, 0.25) is 10.0 Å². The van der Waals surface area contributed by atoms with Crippen molar-refractivity contribution in [3.05, 3.63) is 63.1 Å². The maximum Gasteiger partial charge on any atom is 0.242 e. The monoisotopic (exact) mass is 541 g/mol. The third-order valence-electron chi connectivity index (χ3n) is 5.80. The van der Waals surface area contributed by atoms with Gasteiger partial charge in [0, 0.05) is 36.1 Å². The first-order chi connectivity index (χ1) is 16.3. The molecule has 0 saturated heterocycles. The molecule has 1 atom stereocenters. The number of hydrogen-bond donors (Lipinski definition) is 1. The highest BCUT2D eigenvalue weighted by Gasteiger charge is 2.27. The summed E-state index contributed by atoms with van der Waals surface area (Å²) in [6, 6.07) is 9.71. The van der Waals surface area contributed by atoms with Crippen LogP contribution >= 0.6 is 23.2 Å². The van der Waals surface area contributed by atoms with Crippen LogP contribution in [-0.2, 0) is 26.2 Å². The highest BCUT2D eigenvalue weighted by molar-refractivity contribution is 7.92. The molecule has 192 valence electrons. The molecule has 2 rings (SSSR count). The fourth-order valence-corrected chi connectivity index (χ4v) is 5.05. The Hall–Kier alpha value is -2.29. The lowest BCUT2D eigenvalue weighted by atomic mass is 10.1. The van der Waals surface area contributed by atoms with E-state index in [0.29, 0.717) is 27.8 Å². The van der Waals surface area contributed by atoms with Crippen LogP contribution in [0.4, 0.5) is 5.69 Å². The van der Waals surface area contributed by atoms with Crippen LogP contribution < -0.4 is 9.62 Å². The lowest BCUT2D eigenvalue weighted by Crippen LogP contribution is -2.47. The summed E-state index contributed by atoms with van der Waals surface area (Å²) in [7, 11) is -3.55. The topological polar surface area (TPSA) is 86.8 Å². The first-order valence-electron chi connectivity index (χ1n) is 11.4. The Kier molecular flexibility index (Phi) is 10.4. The van der Waals surface area contributed by atoms with Crippen LogP contribution in [0.25, 0.3) is 0 Å². The number of likely N-dealkylation sites (N-methyl/N-ethyl adjacent to an activating group) is 1. The van der Waals surface area contributed by atoms with Gasteiger partial charge in [-0.25, -0.2) is 8.42 Å². The average molecular weight is 543 g/mol. The zero-order valence-corrected chi connectivity index (χ0v) is 23.1. The van der Waals surface area contributed by atoms with E-state index in [1.54, 1.807) is 38.1 Å². The number of sulfonamides is 1. The number of rotatable bonds is 11. The minimum Gasteiger partial charge on any atom is -0.355 e. The molecule has 0 spiro atoms. The van der Waals surface area contributed by atoms with Crippen molar-refractivity contribution < 1.29 is 18.0 Å². The molecule has 0 fully saturated rings. The first-order valence-corrected chi connectivity index (χ1v) is 14.0. The molecule has 10 heteroatoms. The Bertz CT molecular complexity index is 1170. The number of aryl methyl sites for hydroxylation is 2. The van der Waals surface area contributed by atoms with Gasteiger partial charge in [-0.15, -0.1) is 0 Å². The van der Waals surface area contributed by atoms with E-state index in [9.17, 15) is 18.0 Å². The molecule has 7 nitrogen and oxygen atoms in total. The lowest BCUT2D eigenvalue weighted by Gasteiger charge is -2.29. The molecule has 0 saturated carbocycles. The molecule has 0 heterocycles. The van der Waals surface area contributed by atoms with Crippen molar-refractivity contribution in [2.75, 3.05) is 23.7 Å². The van der Waals surface area contributed by atoms with E-state index in [1.807, 2.05) is 26.0 Å². The number of nitrogens with zero attached hydrogens (tertiary/aromatic N) is 2. The van der Waals surface area contributed by atoms with Gasteiger partial charge in [0.05, 0.1) is 11.9 Å². The SMILES string of the molecule is CCNC(=O)[C@H](C)N(Cc1ccc(Cl)cc1Cl)C(=O)CCCN(c1ccc(C)c(C)c1)S(C)(=O)=O. The number of nitrogens with one attached hydrogen (secondary N) is 1. The van der Waals surface area contributed by atoms with Gasteiger partial charge >= 0.3 is 0 Å². The Balaban J connectivity index is 2.20. The summed E-state index contributed by atoms with van der Waals surface area (Å²) >= 11 is 12.3. The lowest BCUT2D eigenvalue weighted by molar-refractivity contribution is -0.140. The van der Waals surface area contributed by atoms with Gasteiger partial charge in [-0.2, -0.15) is 0 Å². The molecule has 0 aromatic heterocycles. The van der Waals surface area contributed by atoms with Gasteiger partial charge in [0.25, 0.3) is 0 Å². The Labute approximate surface area is 218 Å². The van der Waals surface area contributed by atoms with E-state index < -0.39 is 16.1 Å². The molecule has 2 aromatic rings. The van der Waals surface area contributed by atoms with Gasteiger partial charge in [0.2, 0.25) is 21.8 Å². The van der Waals surface area contributed by atoms with E-state index in [0.717, 1.165) is 17.4 Å². The number of carbonyl (C=O) groups excluding carboxylic acids is 2. The van der Waals surface area contributed by atoms with Gasteiger partial charge in [-0.3, -0.25) is 13.9 Å². The number of benzene rings is 2. The van der Waals surface area contributed by atoms with Crippen LogP contribution in [-0.4, -0.2) is 50.5 Å². The van der Waals surface area contributed by atoms with E-state index in [2.05, 4.69) is 5.32 Å². The summed E-state index contributed by atoms with van der Waals surface area (Å²) < 4.78 is 26.2. The minimum absolute atomic E-state index is 0.0613. The highest BCUT2D eigenvalue weighted by atomic mass is 35.5. The zero-order chi connectivity index (χ0) is 26.3. The van der Waals surface area contributed by atoms with Crippen LogP contribution in [0, 0.1) is 13.8 Å². The third kappa shape index (κ3) is 8.12. The largest absolute Gasteiger partial charge is 0.355 e. The standard InChI is InChI=1S/C25H33Cl2N3O4S/c1-6-28-25(32)19(4)29(16-20-10-11-21(26)15-23(20)27)24(31)8-7-13-30(35(5,33)34)22-12-9-17(2)18(3)14-22/h9-12,14-15,19H,6-8,13,16H2,1-5H3,(H,28,32)/t19-/m0/s1. The number of halogens is 2. The second-order valence-electron chi connectivity index (χ2n) is 8.54. The quantitative estimate of drug-likeness (QED) is 0.446. The van der Waals surface area contributed by atoms with Crippen LogP contribution in [0.15, 0.2) is 36.4 Å². The highest BCUT2D eigenvalue weighted by Crippen LogP contribution is 2.25. The summed E-state index contributed by atoms with van der Waals surface area (Å²) in [4.78, 5) is 27.2. The van der Waals surface area contributed by atoms with E-state index in [1.165, 1.54) is 9.21 Å². The molecule has 0 aliphatic heterocycles. The molecule has 35 heavy (non-hydrogen) atoms. The second-order valence-corrected chi connectivity index (χ2v) is 11.3. The molecule has 0 bridgehead atoms. The van der Waals surface area contributed by atoms with Gasteiger partial charge in [0.1, 0.15) is 6.04 Å². The Morgan fingerprint density at radius 2 is 1.74 bits per heavy atom. The number of carbonyl (C=O) groups is 2. The molecule has 0 aliphatic carbocycles. The molecule has 0 aliphatic rings. The van der Waals surface area contributed by atoms with Gasteiger partial charge in [-0.1, -0.05) is 35.3 Å².